The quantitative estimate of drug-likeness (QED) is 0.742. The van der Waals surface area contributed by atoms with Crippen LogP contribution in [0, 0.1) is 0 Å². The topological polar surface area (TPSA) is 51.5 Å². The van der Waals surface area contributed by atoms with Crippen LogP contribution >= 0.6 is 0 Å². The highest BCUT2D eigenvalue weighted by Gasteiger charge is 2.12. The number of benzene rings is 2. The van der Waals surface area contributed by atoms with E-state index >= 15 is 0 Å². The van der Waals surface area contributed by atoms with Gasteiger partial charge in [0.1, 0.15) is 11.3 Å². The summed E-state index contributed by atoms with van der Waals surface area (Å²) in [6, 6.07) is 15.0. The van der Waals surface area contributed by atoms with Crippen molar-refractivity contribution in [2.75, 3.05) is 19.0 Å². The highest BCUT2D eigenvalue weighted by atomic mass is 16.5. The molecule has 3 aromatic rings. The van der Waals surface area contributed by atoms with E-state index in [1.807, 2.05) is 49.4 Å². The van der Waals surface area contributed by atoms with Crippen molar-refractivity contribution in [3.8, 4) is 16.9 Å². The fraction of sp³-hybridized carbons (Fsp3) is 0.167. The van der Waals surface area contributed by atoms with Crippen LogP contribution in [0.5, 0.6) is 5.75 Å². The molecule has 0 bridgehead atoms. The predicted octanol–water partition coefficient (Wildman–Crippen LogP) is 3.90. The third kappa shape index (κ3) is 2.55. The molecule has 4 heteroatoms. The van der Waals surface area contributed by atoms with Crippen molar-refractivity contribution < 1.29 is 9.15 Å². The SMILES string of the molecule is CCNc1cc(OC)ccc1-c1cc2ccccc2oc1=O. The van der Waals surface area contributed by atoms with E-state index < -0.39 is 0 Å². The molecule has 0 saturated carbocycles. The summed E-state index contributed by atoms with van der Waals surface area (Å²) in [5.74, 6) is 0.741. The summed E-state index contributed by atoms with van der Waals surface area (Å²) in [6.45, 7) is 2.76. The van der Waals surface area contributed by atoms with Crippen LogP contribution in [0.25, 0.3) is 22.1 Å². The van der Waals surface area contributed by atoms with Gasteiger partial charge in [0.2, 0.25) is 0 Å². The van der Waals surface area contributed by atoms with Crippen LogP contribution in [0.1, 0.15) is 6.92 Å². The number of hydrogen-bond donors (Lipinski definition) is 1. The van der Waals surface area contributed by atoms with Gasteiger partial charge in [-0.1, -0.05) is 18.2 Å². The molecule has 0 saturated heterocycles. The van der Waals surface area contributed by atoms with Gasteiger partial charge in [-0.15, -0.1) is 0 Å². The molecule has 4 nitrogen and oxygen atoms in total. The Labute approximate surface area is 128 Å². The molecule has 0 fully saturated rings. The zero-order valence-corrected chi connectivity index (χ0v) is 12.6. The Kier molecular flexibility index (Phi) is 3.83. The van der Waals surface area contributed by atoms with E-state index in [4.69, 9.17) is 9.15 Å². The highest BCUT2D eigenvalue weighted by Crippen LogP contribution is 2.31. The Bertz CT molecular complexity index is 868. The molecule has 112 valence electrons. The number of hydrogen-bond acceptors (Lipinski definition) is 4. The molecule has 0 radical (unpaired) electrons. The number of rotatable bonds is 4. The van der Waals surface area contributed by atoms with E-state index in [-0.39, 0.29) is 5.63 Å². The van der Waals surface area contributed by atoms with Gasteiger partial charge in [-0.25, -0.2) is 4.79 Å². The normalized spacial score (nSPS) is 10.6. The number of para-hydroxylation sites is 1. The number of fused-ring (bicyclic) bond motifs is 1. The first-order valence-electron chi connectivity index (χ1n) is 7.18. The van der Waals surface area contributed by atoms with Crippen molar-refractivity contribution in [3.05, 3.63) is 59.0 Å². The first kappa shape index (κ1) is 14.2. The summed E-state index contributed by atoms with van der Waals surface area (Å²) >= 11 is 0. The molecule has 0 amide bonds. The van der Waals surface area contributed by atoms with Crippen LogP contribution < -0.4 is 15.7 Å². The molecular weight excluding hydrogens is 278 g/mol. The van der Waals surface area contributed by atoms with Crippen molar-refractivity contribution in [1.82, 2.24) is 0 Å². The van der Waals surface area contributed by atoms with Crippen LogP contribution in [0.2, 0.25) is 0 Å². The number of anilines is 1. The van der Waals surface area contributed by atoms with Gasteiger partial charge < -0.3 is 14.5 Å². The minimum absolute atomic E-state index is 0.344. The summed E-state index contributed by atoms with van der Waals surface area (Å²) in [5, 5.41) is 4.16. The first-order valence-corrected chi connectivity index (χ1v) is 7.18. The lowest BCUT2D eigenvalue weighted by atomic mass is 10.0. The summed E-state index contributed by atoms with van der Waals surface area (Å²) in [7, 11) is 1.62. The maximum Gasteiger partial charge on any atom is 0.344 e. The Balaban J connectivity index is 2.22. The predicted molar refractivity (Wildman–Crippen MR) is 88.6 cm³/mol. The van der Waals surface area contributed by atoms with Crippen LogP contribution in [0.15, 0.2) is 57.7 Å². The summed E-state index contributed by atoms with van der Waals surface area (Å²) in [5.41, 5.74) is 2.45. The van der Waals surface area contributed by atoms with E-state index in [2.05, 4.69) is 5.32 Å². The second kappa shape index (κ2) is 5.93. The molecule has 0 aliphatic rings. The third-order valence-electron chi connectivity index (χ3n) is 3.53. The average molecular weight is 295 g/mol. The van der Waals surface area contributed by atoms with E-state index in [1.54, 1.807) is 13.2 Å². The van der Waals surface area contributed by atoms with Crippen molar-refractivity contribution in [1.29, 1.82) is 0 Å². The standard InChI is InChI=1S/C18H17NO3/c1-3-19-16-11-13(21-2)8-9-14(16)15-10-12-6-4-5-7-17(12)22-18(15)20/h4-11,19H,3H2,1-2H3. The smallest absolute Gasteiger partial charge is 0.344 e. The van der Waals surface area contributed by atoms with Gasteiger partial charge in [-0.05, 0) is 31.2 Å². The Hall–Kier alpha value is -2.75. The monoisotopic (exact) mass is 295 g/mol. The van der Waals surface area contributed by atoms with Gasteiger partial charge in [-0.3, -0.25) is 0 Å². The Morgan fingerprint density at radius 1 is 1.09 bits per heavy atom. The van der Waals surface area contributed by atoms with Crippen LogP contribution in [-0.4, -0.2) is 13.7 Å². The van der Waals surface area contributed by atoms with Gasteiger partial charge in [0.15, 0.2) is 0 Å². The zero-order valence-electron chi connectivity index (χ0n) is 12.6. The maximum atomic E-state index is 12.3. The molecule has 1 heterocycles. The molecular formula is C18H17NO3. The number of ether oxygens (including phenoxy) is 1. The van der Waals surface area contributed by atoms with Gasteiger partial charge in [0, 0.05) is 29.2 Å². The largest absolute Gasteiger partial charge is 0.497 e. The second-order valence-corrected chi connectivity index (χ2v) is 4.93. The van der Waals surface area contributed by atoms with Crippen molar-refractivity contribution in [2.45, 2.75) is 6.92 Å². The highest BCUT2D eigenvalue weighted by molar-refractivity contribution is 5.85. The van der Waals surface area contributed by atoms with E-state index in [0.717, 1.165) is 28.9 Å². The molecule has 3 rings (SSSR count). The zero-order chi connectivity index (χ0) is 15.5. The second-order valence-electron chi connectivity index (χ2n) is 4.93. The molecule has 0 aliphatic heterocycles. The summed E-state index contributed by atoms with van der Waals surface area (Å²) < 4.78 is 10.7. The van der Waals surface area contributed by atoms with Gasteiger partial charge >= 0.3 is 5.63 Å². The van der Waals surface area contributed by atoms with Crippen LogP contribution in [0.3, 0.4) is 0 Å². The Morgan fingerprint density at radius 3 is 2.68 bits per heavy atom. The lowest BCUT2D eigenvalue weighted by Crippen LogP contribution is -2.06. The molecule has 0 unspecified atom stereocenters. The minimum atomic E-state index is -0.344. The first-order chi connectivity index (χ1) is 10.7. The van der Waals surface area contributed by atoms with Crippen molar-refractivity contribution in [2.24, 2.45) is 0 Å². The summed E-state index contributed by atoms with van der Waals surface area (Å²) in [6.07, 6.45) is 0. The third-order valence-corrected chi connectivity index (χ3v) is 3.53. The molecule has 1 aromatic heterocycles. The fourth-order valence-corrected chi connectivity index (χ4v) is 2.47. The molecule has 0 atom stereocenters. The summed E-state index contributed by atoms with van der Waals surface area (Å²) in [4.78, 5) is 12.3. The van der Waals surface area contributed by atoms with Crippen molar-refractivity contribution >= 4 is 16.7 Å². The van der Waals surface area contributed by atoms with Gasteiger partial charge in [-0.2, -0.15) is 0 Å². The molecule has 1 N–H and O–H groups in total. The lowest BCUT2D eigenvalue weighted by molar-refractivity contribution is 0.415. The molecule has 2 aromatic carbocycles. The fourth-order valence-electron chi connectivity index (χ4n) is 2.47. The lowest BCUT2D eigenvalue weighted by Gasteiger charge is -2.12. The van der Waals surface area contributed by atoms with Gasteiger partial charge in [0.25, 0.3) is 0 Å². The van der Waals surface area contributed by atoms with E-state index in [0.29, 0.717) is 11.1 Å². The number of methoxy groups -OCH3 is 1. The molecule has 0 aliphatic carbocycles. The van der Waals surface area contributed by atoms with E-state index in [9.17, 15) is 4.79 Å². The number of nitrogens with one attached hydrogen (secondary N) is 1. The molecule has 0 spiro atoms. The van der Waals surface area contributed by atoms with Crippen LogP contribution in [0.4, 0.5) is 5.69 Å². The van der Waals surface area contributed by atoms with Crippen molar-refractivity contribution in [3.63, 3.8) is 0 Å². The van der Waals surface area contributed by atoms with Gasteiger partial charge in [0.05, 0.1) is 12.7 Å². The maximum absolute atomic E-state index is 12.3. The average Bonchev–Trinajstić information content (AvgIpc) is 2.54. The minimum Gasteiger partial charge on any atom is -0.497 e. The Morgan fingerprint density at radius 2 is 1.91 bits per heavy atom. The molecule has 22 heavy (non-hydrogen) atoms. The van der Waals surface area contributed by atoms with E-state index in [1.165, 1.54) is 0 Å². The van der Waals surface area contributed by atoms with Crippen LogP contribution in [-0.2, 0) is 0 Å².